The molecule has 1 saturated heterocycles. The summed E-state index contributed by atoms with van der Waals surface area (Å²) in [6, 6.07) is 8.61. The predicted octanol–water partition coefficient (Wildman–Crippen LogP) is 2.58. The highest BCUT2D eigenvalue weighted by Crippen LogP contribution is 2.27. The Morgan fingerprint density at radius 2 is 2.00 bits per heavy atom. The molecule has 3 aromatic rings. The molecule has 4 heterocycles. The smallest absolute Gasteiger partial charge is 0.320 e. The molecule has 0 aliphatic carbocycles. The fraction of sp³-hybridized carbons (Fsp3) is 0.476. The maximum Gasteiger partial charge on any atom is 0.320 e. The minimum absolute atomic E-state index is 0.267. The SMILES string of the molecule is CCCCOc1nc(N)c2cc(C#N)n(Cc3ccc(CN4CCNCC4)s3)c2n1. The van der Waals surface area contributed by atoms with Crippen LogP contribution in [0, 0.1) is 11.3 Å². The molecule has 3 aromatic heterocycles. The molecule has 0 unspecified atom stereocenters. The molecule has 0 amide bonds. The molecule has 158 valence electrons. The van der Waals surface area contributed by atoms with Gasteiger partial charge >= 0.3 is 6.01 Å². The van der Waals surface area contributed by atoms with Crippen LogP contribution >= 0.6 is 11.3 Å². The van der Waals surface area contributed by atoms with Crippen molar-refractivity contribution in [2.45, 2.75) is 32.9 Å². The molecule has 1 fully saturated rings. The van der Waals surface area contributed by atoms with E-state index >= 15 is 0 Å². The van der Waals surface area contributed by atoms with Crippen molar-refractivity contribution >= 4 is 28.2 Å². The number of anilines is 1. The number of piperazine rings is 1. The van der Waals surface area contributed by atoms with E-state index in [1.165, 1.54) is 9.75 Å². The van der Waals surface area contributed by atoms with E-state index in [1.807, 2.05) is 4.57 Å². The van der Waals surface area contributed by atoms with Crippen molar-refractivity contribution in [2.75, 3.05) is 38.5 Å². The number of fused-ring (bicyclic) bond motifs is 1. The van der Waals surface area contributed by atoms with Crippen LogP contribution in [-0.2, 0) is 13.1 Å². The van der Waals surface area contributed by atoms with E-state index in [0.717, 1.165) is 45.6 Å². The van der Waals surface area contributed by atoms with E-state index < -0.39 is 0 Å². The number of aromatic nitrogens is 3. The third-order valence-electron chi connectivity index (χ3n) is 5.23. The standard InChI is InChI=1S/C21H27N7OS/c1-2-3-10-29-21-25-19(23)18-11-15(12-22)28(20(18)26-21)14-17-5-4-16(30-17)13-27-8-6-24-7-9-27/h4-5,11,24H,2-3,6-10,13-14H2,1H3,(H2,23,25,26). The van der Waals surface area contributed by atoms with E-state index in [2.05, 4.69) is 45.3 Å². The van der Waals surface area contributed by atoms with E-state index in [1.54, 1.807) is 17.4 Å². The summed E-state index contributed by atoms with van der Waals surface area (Å²) < 4.78 is 7.57. The van der Waals surface area contributed by atoms with Crippen LogP contribution in [0.5, 0.6) is 6.01 Å². The summed E-state index contributed by atoms with van der Waals surface area (Å²) in [5.74, 6) is 0.340. The Labute approximate surface area is 180 Å². The van der Waals surface area contributed by atoms with Gasteiger partial charge in [0.2, 0.25) is 0 Å². The molecule has 0 spiro atoms. The average Bonchev–Trinajstić information content (AvgIpc) is 3.34. The third kappa shape index (κ3) is 4.56. The maximum absolute atomic E-state index is 9.65. The number of thiophene rings is 1. The van der Waals surface area contributed by atoms with Crippen LogP contribution < -0.4 is 15.8 Å². The molecule has 3 N–H and O–H groups in total. The second-order valence-corrected chi connectivity index (χ2v) is 8.71. The summed E-state index contributed by atoms with van der Waals surface area (Å²) in [5.41, 5.74) is 7.30. The van der Waals surface area contributed by atoms with Gasteiger partial charge in [-0.05, 0) is 24.6 Å². The summed E-state index contributed by atoms with van der Waals surface area (Å²) in [6.45, 7) is 8.43. The van der Waals surface area contributed by atoms with Crippen molar-refractivity contribution in [3.05, 3.63) is 33.6 Å². The molecule has 0 aromatic carbocycles. The number of rotatable bonds is 8. The average molecular weight is 426 g/mol. The van der Waals surface area contributed by atoms with Crippen LogP contribution in [0.2, 0.25) is 0 Å². The maximum atomic E-state index is 9.65. The number of nitriles is 1. The van der Waals surface area contributed by atoms with Crippen LogP contribution in [0.25, 0.3) is 11.0 Å². The lowest BCUT2D eigenvalue weighted by Crippen LogP contribution is -2.42. The van der Waals surface area contributed by atoms with Gasteiger partial charge in [-0.25, -0.2) is 0 Å². The van der Waals surface area contributed by atoms with E-state index in [-0.39, 0.29) is 6.01 Å². The highest BCUT2D eigenvalue weighted by Gasteiger charge is 2.17. The first-order chi connectivity index (χ1) is 14.7. The van der Waals surface area contributed by atoms with Gasteiger partial charge < -0.3 is 20.4 Å². The molecule has 0 saturated carbocycles. The van der Waals surface area contributed by atoms with Crippen molar-refractivity contribution in [3.8, 4) is 12.1 Å². The lowest BCUT2D eigenvalue weighted by atomic mass is 10.3. The van der Waals surface area contributed by atoms with Crippen LogP contribution in [0.4, 0.5) is 5.82 Å². The summed E-state index contributed by atoms with van der Waals surface area (Å²) in [5, 5.41) is 13.7. The third-order valence-corrected chi connectivity index (χ3v) is 6.28. The second-order valence-electron chi connectivity index (χ2n) is 7.45. The van der Waals surface area contributed by atoms with Gasteiger partial charge in [0.1, 0.15) is 17.6 Å². The quantitative estimate of drug-likeness (QED) is 0.534. The number of nitrogens with two attached hydrogens (primary N) is 1. The summed E-state index contributed by atoms with van der Waals surface area (Å²) in [6.07, 6.45) is 1.96. The fourth-order valence-electron chi connectivity index (χ4n) is 3.59. The molecular weight excluding hydrogens is 398 g/mol. The number of ether oxygens (including phenoxy) is 1. The minimum atomic E-state index is 0.267. The second kappa shape index (κ2) is 9.43. The van der Waals surface area contributed by atoms with Gasteiger partial charge in [-0.15, -0.1) is 11.3 Å². The van der Waals surface area contributed by atoms with E-state index in [4.69, 9.17) is 10.5 Å². The van der Waals surface area contributed by atoms with Crippen molar-refractivity contribution in [2.24, 2.45) is 0 Å². The number of unbranched alkanes of at least 4 members (excludes halogenated alkanes) is 1. The van der Waals surface area contributed by atoms with Crippen LogP contribution in [-0.4, -0.2) is 52.2 Å². The van der Waals surface area contributed by atoms with Crippen molar-refractivity contribution in [1.82, 2.24) is 24.8 Å². The van der Waals surface area contributed by atoms with Gasteiger partial charge in [0.15, 0.2) is 5.65 Å². The summed E-state index contributed by atoms with van der Waals surface area (Å²) in [4.78, 5) is 13.8. The van der Waals surface area contributed by atoms with Gasteiger partial charge in [-0.3, -0.25) is 4.90 Å². The van der Waals surface area contributed by atoms with Gasteiger partial charge in [0, 0.05) is 42.5 Å². The van der Waals surface area contributed by atoms with Gasteiger partial charge in [-0.2, -0.15) is 15.2 Å². The Bertz CT molecular complexity index is 1050. The van der Waals surface area contributed by atoms with E-state index in [0.29, 0.717) is 35.7 Å². The Morgan fingerprint density at radius 1 is 1.23 bits per heavy atom. The van der Waals surface area contributed by atoms with Crippen molar-refractivity contribution < 1.29 is 4.74 Å². The molecule has 9 heteroatoms. The Kier molecular flexibility index (Phi) is 6.47. The molecule has 0 atom stereocenters. The highest BCUT2D eigenvalue weighted by atomic mass is 32.1. The zero-order valence-electron chi connectivity index (χ0n) is 17.2. The van der Waals surface area contributed by atoms with Crippen molar-refractivity contribution in [1.29, 1.82) is 5.26 Å². The predicted molar refractivity (Wildman–Crippen MR) is 119 cm³/mol. The molecular formula is C21H27N7OS. The first-order valence-corrected chi connectivity index (χ1v) is 11.2. The number of nitrogen functional groups attached to an aromatic ring is 1. The highest BCUT2D eigenvalue weighted by molar-refractivity contribution is 7.11. The number of nitrogens with one attached hydrogen (secondary N) is 1. The molecule has 1 aliphatic rings. The van der Waals surface area contributed by atoms with Gasteiger partial charge in [0.05, 0.1) is 18.5 Å². The normalized spacial score (nSPS) is 14.8. The molecule has 30 heavy (non-hydrogen) atoms. The summed E-state index contributed by atoms with van der Waals surface area (Å²) in [7, 11) is 0. The van der Waals surface area contributed by atoms with Crippen molar-refractivity contribution in [3.63, 3.8) is 0 Å². The van der Waals surface area contributed by atoms with Gasteiger partial charge in [0.25, 0.3) is 0 Å². The minimum Gasteiger partial charge on any atom is -0.463 e. The Morgan fingerprint density at radius 3 is 2.73 bits per heavy atom. The van der Waals surface area contributed by atoms with E-state index in [9.17, 15) is 5.26 Å². The molecule has 1 aliphatic heterocycles. The zero-order valence-corrected chi connectivity index (χ0v) is 18.0. The first kappa shape index (κ1) is 20.6. The Balaban J connectivity index is 1.57. The number of hydrogen-bond donors (Lipinski definition) is 2. The lowest BCUT2D eigenvalue weighted by molar-refractivity contribution is 0.235. The zero-order chi connectivity index (χ0) is 20.9. The van der Waals surface area contributed by atoms with Crippen LogP contribution in [0.1, 0.15) is 35.2 Å². The largest absolute Gasteiger partial charge is 0.463 e. The summed E-state index contributed by atoms with van der Waals surface area (Å²) >= 11 is 1.78. The van der Waals surface area contributed by atoms with Crippen LogP contribution in [0.3, 0.4) is 0 Å². The number of nitrogens with zero attached hydrogens (tertiary/aromatic N) is 5. The monoisotopic (exact) mass is 425 g/mol. The lowest BCUT2D eigenvalue weighted by Gasteiger charge is -2.26. The first-order valence-electron chi connectivity index (χ1n) is 10.4. The molecule has 4 rings (SSSR count). The topological polar surface area (TPSA) is 105 Å². The van der Waals surface area contributed by atoms with Gasteiger partial charge in [-0.1, -0.05) is 13.3 Å². The van der Waals surface area contributed by atoms with Crippen LogP contribution in [0.15, 0.2) is 18.2 Å². The Hall–Kier alpha value is -2.67. The molecule has 8 nitrogen and oxygen atoms in total. The molecule has 0 bridgehead atoms. The molecule has 0 radical (unpaired) electrons. The number of hydrogen-bond acceptors (Lipinski definition) is 8. The fourth-order valence-corrected chi connectivity index (χ4v) is 4.64.